The third kappa shape index (κ3) is 4.19. The number of benzene rings is 3. The lowest BCUT2D eigenvalue weighted by Gasteiger charge is -2.27. The van der Waals surface area contributed by atoms with Crippen LogP contribution in [-0.2, 0) is 9.59 Å². The number of ketones is 1. The lowest BCUT2D eigenvalue weighted by Crippen LogP contribution is -2.29. The molecule has 1 saturated heterocycles. The van der Waals surface area contributed by atoms with Crippen LogP contribution in [0.3, 0.4) is 0 Å². The van der Waals surface area contributed by atoms with Gasteiger partial charge in [-0.3, -0.25) is 14.5 Å². The van der Waals surface area contributed by atoms with E-state index in [-0.39, 0.29) is 11.1 Å². The van der Waals surface area contributed by atoms with E-state index in [2.05, 4.69) is 0 Å². The molecule has 1 heterocycles. The summed E-state index contributed by atoms with van der Waals surface area (Å²) in [5.74, 6) is -1.62. The molecule has 0 bridgehead atoms. The number of Topliss-reactive ketones (excluding diaryl/α,β-unsaturated/α-hetero) is 1. The fourth-order valence-corrected chi connectivity index (χ4v) is 4.21. The van der Waals surface area contributed by atoms with Crippen LogP contribution >= 0.6 is 0 Å². The summed E-state index contributed by atoms with van der Waals surface area (Å²) >= 11 is 0. The molecule has 1 aliphatic heterocycles. The summed E-state index contributed by atoms with van der Waals surface area (Å²) in [6.07, 6.45) is 0. The van der Waals surface area contributed by atoms with E-state index in [0.717, 1.165) is 5.56 Å². The molecule has 0 aliphatic carbocycles. The number of anilines is 1. The Labute approximate surface area is 202 Å². The standard InChI is InChI=1S/C27H24FNO6/c1-15-6-5-7-19(12-15)29-23(17-13-20(33-2)26(35-4)21(14-17)34-3)22(25(31)27(29)32)24(30)16-8-10-18(28)11-9-16/h5-14,23,30H,1-4H3/b24-22+. The zero-order valence-corrected chi connectivity index (χ0v) is 19.7. The van der Waals surface area contributed by atoms with Crippen LogP contribution in [0.25, 0.3) is 5.76 Å². The van der Waals surface area contributed by atoms with E-state index in [1.165, 1.54) is 50.5 Å². The van der Waals surface area contributed by atoms with Crippen molar-refractivity contribution in [3.8, 4) is 17.2 Å². The number of carbonyl (C=O) groups is 2. The average molecular weight is 477 g/mol. The van der Waals surface area contributed by atoms with Gasteiger partial charge >= 0.3 is 0 Å². The zero-order valence-electron chi connectivity index (χ0n) is 19.7. The monoisotopic (exact) mass is 477 g/mol. The second-order valence-electron chi connectivity index (χ2n) is 7.97. The van der Waals surface area contributed by atoms with Crippen LogP contribution in [0.4, 0.5) is 10.1 Å². The summed E-state index contributed by atoms with van der Waals surface area (Å²) in [7, 11) is 4.38. The SMILES string of the molecule is COc1cc(C2/C(=C(\O)c3ccc(F)cc3)C(=O)C(=O)N2c2cccc(C)c2)cc(OC)c1OC. The van der Waals surface area contributed by atoms with Crippen molar-refractivity contribution in [1.82, 2.24) is 0 Å². The number of carbonyl (C=O) groups excluding carboxylic acids is 2. The number of halogens is 1. The maximum atomic E-state index is 13.5. The van der Waals surface area contributed by atoms with Gasteiger partial charge in [0.05, 0.1) is 32.9 Å². The highest BCUT2D eigenvalue weighted by Gasteiger charge is 2.47. The Morgan fingerprint density at radius 3 is 2.09 bits per heavy atom. The molecule has 0 spiro atoms. The number of aryl methyl sites for hydroxylation is 1. The fraction of sp³-hybridized carbons (Fsp3) is 0.185. The summed E-state index contributed by atoms with van der Waals surface area (Å²) in [4.78, 5) is 27.9. The van der Waals surface area contributed by atoms with Crippen LogP contribution < -0.4 is 19.1 Å². The predicted molar refractivity (Wildman–Crippen MR) is 128 cm³/mol. The number of hydrogen-bond donors (Lipinski definition) is 1. The highest BCUT2D eigenvalue weighted by atomic mass is 19.1. The van der Waals surface area contributed by atoms with Gasteiger partial charge in [0.2, 0.25) is 5.75 Å². The van der Waals surface area contributed by atoms with Gasteiger partial charge in [0.25, 0.3) is 11.7 Å². The van der Waals surface area contributed by atoms with Crippen molar-refractivity contribution >= 4 is 23.1 Å². The van der Waals surface area contributed by atoms with Crippen molar-refractivity contribution < 1.29 is 33.3 Å². The molecule has 3 aromatic carbocycles. The Morgan fingerprint density at radius 1 is 0.914 bits per heavy atom. The summed E-state index contributed by atoms with van der Waals surface area (Å²) in [5.41, 5.74) is 1.86. The first-order valence-electron chi connectivity index (χ1n) is 10.7. The third-order valence-electron chi connectivity index (χ3n) is 5.84. The van der Waals surface area contributed by atoms with Crippen molar-refractivity contribution in [3.63, 3.8) is 0 Å². The average Bonchev–Trinajstić information content (AvgIpc) is 3.13. The first-order chi connectivity index (χ1) is 16.8. The largest absolute Gasteiger partial charge is 0.507 e. The number of amides is 1. The van der Waals surface area contributed by atoms with Crippen molar-refractivity contribution in [1.29, 1.82) is 0 Å². The number of ether oxygens (including phenoxy) is 3. The quantitative estimate of drug-likeness (QED) is 0.312. The maximum absolute atomic E-state index is 13.5. The van der Waals surface area contributed by atoms with E-state index in [1.807, 2.05) is 13.0 Å². The summed E-state index contributed by atoms with van der Waals surface area (Å²) < 4.78 is 29.9. The van der Waals surface area contributed by atoms with Gasteiger partial charge in [-0.25, -0.2) is 4.39 Å². The summed E-state index contributed by atoms with van der Waals surface area (Å²) in [5, 5.41) is 11.2. The van der Waals surface area contributed by atoms with Crippen LogP contribution in [0.15, 0.2) is 66.2 Å². The van der Waals surface area contributed by atoms with Gasteiger partial charge in [-0.2, -0.15) is 0 Å². The predicted octanol–water partition coefficient (Wildman–Crippen LogP) is 4.79. The third-order valence-corrected chi connectivity index (χ3v) is 5.84. The summed E-state index contributed by atoms with van der Waals surface area (Å²) in [6, 6.07) is 14.4. The number of hydrogen-bond acceptors (Lipinski definition) is 6. The van der Waals surface area contributed by atoms with Gasteiger partial charge in [0, 0.05) is 11.3 Å². The Bertz CT molecular complexity index is 1310. The molecule has 3 aromatic rings. The van der Waals surface area contributed by atoms with Crippen molar-refractivity contribution in [2.24, 2.45) is 0 Å². The number of aliphatic hydroxyl groups is 1. The van der Waals surface area contributed by atoms with Crippen molar-refractivity contribution in [2.75, 3.05) is 26.2 Å². The lowest BCUT2D eigenvalue weighted by atomic mass is 9.94. The molecule has 8 heteroatoms. The van der Waals surface area contributed by atoms with Gasteiger partial charge < -0.3 is 19.3 Å². The minimum absolute atomic E-state index is 0.141. The van der Waals surface area contributed by atoms with E-state index >= 15 is 0 Å². The Morgan fingerprint density at radius 2 is 1.54 bits per heavy atom. The highest BCUT2D eigenvalue weighted by molar-refractivity contribution is 6.51. The topological polar surface area (TPSA) is 85.3 Å². The molecule has 0 saturated carbocycles. The van der Waals surface area contributed by atoms with Crippen LogP contribution in [-0.4, -0.2) is 38.1 Å². The van der Waals surface area contributed by atoms with Gasteiger partial charge in [-0.1, -0.05) is 12.1 Å². The van der Waals surface area contributed by atoms with E-state index in [1.54, 1.807) is 30.3 Å². The van der Waals surface area contributed by atoms with Gasteiger partial charge in [-0.05, 0) is 66.6 Å². The molecule has 7 nitrogen and oxygen atoms in total. The smallest absolute Gasteiger partial charge is 0.300 e. The molecular formula is C27H24FNO6. The van der Waals surface area contributed by atoms with Crippen molar-refractivity contribution in [2.45, 2.75) is 13.0 Å². The second kappa shape index (κ2) is 9.50. The number of aliphatic hydroxyl groups excluding tert-OH is 1. The first kappa shape index (κ1) is 23.8. The number of rotatable bonds is 6. The normalized spacial score (nSPS) is 16.9. The number of nitrogens with zero attached hydrogens (tertiary/aromatic N) is 1. The first-order valence-corrected chi connectivity index (χ1v) is 10.7. The molecule has 1 aliphatic rings. The molecule has 1 atom stereocenters. The maximum Gasteiger partial charge on any atom is 0.300 e. The van der Waals surface area contributed by atoms with E-state index in [0.29, 0.717) is 28.5 Å². The Kier molecular flexibility index (Phi) is 6.46. The number of methoxy groups -OCH3 is 3. The van der Waals surface area contributed by atoms with Crippen LogP contribution in [0.1, 0.15) is 22.7 Å². The van der Waals surface area contributed by atoms with Crippen molar-refractivity contribution in [3.05, 3.63) is 88.7 Å². The summed E-state index contributed by atoms with van der Waals surface area (Å²) in [6.45, 7) is 1.87. The Balaban J connectivity index is 2.02. The van der Waals surface area contributed by atoms with Gasteiger partial charge in [-0.15, -0.1) is 0 Å². The highest BCUT2D eigenvalue weighted by Crippen LogP contribution is 2.47. The fourth-order valence-electron chi connectivity index (χ4n) is 4.21. The van der Waals surface area contributed by atoms with E-state index < -0.39 is 29.3 Å². The van der Waals surface area contributed by atoms with E-state index in [4.69, 9.17) is 14.2 Å². The molecule has 1 unspecified atom stereocenters. The van der Waals surface area contributed by atoms with Gasteiger partial charge in [0.15, 0.2) is 11.5 Å². The minimum Gasteiger partial charge on any atom is -0.507 e. The molecule has 35 heavy (non-hydrogen) atoms. The molecule has 180 valence electrons. The van der Waals surface area contributed by atoms with Gasteiger partial charge in [0.1, 0.15) is 11.6 Å². The van der Waals surface area contributed by atoms with Crippen LogP contribution in [0.5, 0.6) is 17.2 Å². The molecule has 1 N–H and O–H groups in total. The molecular weight excluding hydrogens is 453 g/mol. The molecule has 1 fully saturated rings. The molecule has 0 radical (unpaired) electrons. The lowest BCUT2D eigenvalue weighted by molar-refractivity contribution is -0.132. The molecule has 4 rings (SSSR count). The molecule has 1 amide bonds. The van der Waals surface area contributed by atoms with E-state index in [9.17, 15) is 19.1 Å². The second-order valence-corrected chi connectivity index (χ2v) is 7.97. The zero-order chi connectivity index (χ0) is 25.3. The molecule has 0 aromatic heterocycles. The Hall–Kier alpha value is -4.33. The van der Waals surface area contributed by atoms with Crippen LogP contribution in [0.2, 0.25) is 0 Å². The van der Waals surface area contributed by atoms with Crippen LogP contribution in [0, 0.1) is 12.7 Å². The minimum atomic E-state index is -1.02.